The van der Waals surface area contributed by atoms with Gasteiger partial charge in [-0.15, -0.1) is 0 Å². The monoisotopic (exact) mass is 438 g/mol. The van der Waals surface area contributed by atoms with Crippen molar-refractivity contribution in [3.63, 3.8) is 0 Å². The summed E-state index contributed by atoms with van der Waals surface area (Å²) in [5.41, 5.74) is 1.79. The average Bonchev–Trinajstić information content (AvgIpc) is 3.16. The summed E-state index contributed by atoms with van der Waals surface area (Å²) in [7, 11) is 0. The minimum Gasteiger partial charge on any atom is -0.372 e. The number of morpholine rings is 1. The Hall–Kier alpha value is -3.14. The summed E-state index contributed by atoms with van der Waals surface area (Å²) < 4.78 is 7.76. The lowest BCUT2D eigenvalue weighted by Crippen LogP contribution is -2.54. The molecule has 10 nitrogen and oxygen atoms in total. The van der Waals surface area contributed by atoms with E-state index in [4.69, 9.17) is 9.72 Å². The van der Waals surface area contributed by atoms with Crippen LogP contribution in [0.4, 0.5) is 5.82 Å². The van der Waals surface area contributed by atoms with Crippen LogP contribution >= 0.6 is 0 Å². The van der Waals surface area contributed by atoms with E-state index in [-0.39, 0.29) is 11.5 Å². The molecule has 1 aliphatic heterocycles. The van der Waals surface area contributed by atoms with E-state index in [2.05, 4.69) is 25.3 Å². The molecule has 1 atom stereocenters. The van der Waals surface area contributed by atoms with Gasteiger partial charge in [-0.3, -0.25) is 4.79 Å². The molecule has 0 aromatic carbocycles. The zero-order valence-corrected chi connectivity index (χ0v) is 19.3. The molecule has 1 N–H and O–H groups in total. The summed E-state index contributed by atoms with van der Waals surface area (Å²) in [4.78, 5) is 37.4. The first-order valence-corrected chi connectivity index (χ1v) is 11.0. The highest BCUT2D eigenvalue weighted by Crippen LogP contribution is 2.27. The quantitative estimate of drug-likeness (QED) is 0.625. The molecule has 0 saturated carbocycles. The lowest BCUT2D eigenvalue weighted by Gasteiger charge is -2.39. The predicted octanol–water partition coefficient (Wildman–Crippen LogP) is 2.44. The number of nitrogens with one attached hydrogen (secondary N) is 1. The molecule has 0 unspecified atom stereocenters. The maximum absolute atomic E-state index is 13.3. The van der Waals surface area contributed by atoms with E-state index in [9.17, 15) is 4.79 Å². The second-order valence-corrected chi connectivity index (χ2v) is 8.57. The molecular weight excluding hydrogens is 408 g/mol. The molecule has 0 spiro atoms. The highest BCUT2D eigenvalue weighted by Gasteiger charge is 2.33. The fraction of sp³-hybridized carbons (Fsp3) is 0.545. The van der Waals surface area contributed by atoms with E-state index in [1.807, 2.05) is 44.1 Å². The minimum atomic E-state index is -0.417. The van der Waals surface area contributed by atoms with E-state index in [1.165, 1.54) is 6.33 Å². The van der Waals surface area contributed by atoms with Gasteiger partial charge in [0, 0.05) is 32.0 Å². The van der Waals surface area contributed by atoms with Crippen molar-refractivity contribution in [2.45, 2.75) is 59.2 Å². The standard InChI is InChI=1S/C22H30N8O2/c1-6-16(21(31)29-8-9-32-22(4,5)12-29)27-18-17-20(26-13-25-18)30(7-2)19(28-17)15-10-23-14(3)24-11-15/h10-11,13,16H,6-9,12H2,1-5H3,(H,25,26,27)/t16-/m1/s1. The summed E-state index contributed by atoms with van der Waals surface area (Å²) in [5, 5.41) is 3.33. The Balaban J connectivity index is 1.66. The molecule has 170 valence electrons. The van der Waals surface area contributed by atoms with Crippen LogP contribution in [0.25, 0.3) is 22.6 Å². The fourth-order valence-corrected chi connectivity index (χ4v) is 4.00. The second kappa shape index (κ2) is 8.78. The fourth-order valence-electron chi connectivity index (χ4n) is 4.00. The molecule has 32 heavy (non-hydrogen) atoms. The van der Waals surface area contributed by atoms with E-state index in [1.54, 1.807) is 12.4 Å². The van der Waals surface area contributed by atoms with Crippen LogP contribution < -0.4 is 5.32 Å². The Morgan fingerprint density at radius 1 is 1.22 bits per heavy atom. The van der Waals surface area contributed by atoms with Gasteiger partial charge >= 0.3 is 0 Å². The number of aryl methyl sites for hydroxylation is 2. The summed E-state index contributed by atoms with van der Waals surface area (Å²) in [6.07, 6.45) is 5.64. The van der Waals surface area contributed by atoms with Crippen LogP contribution in [0.1, 0.15) is 39.9 Å². The van der Waals surface area contributed by atoms with Crippen molar-refractivity contribution in [3.8, 4) is 11.4 Å². The maximum atomic E-state index is 13.3. The highest BCUT2D eigenvalue weighted by atomic mass is 16.5. The van der Waals surface area contributed by atoms with Crippen LogP contribution in [0.5, 0.6) is 0 Å². The second-order valence-electron chi connectivity index (χ2n) is 8.57. The van der Waals surface area contributed by atoms with Gasteiger partial charge in [0.05, 0.1) is 17.8 Å². The lowest BCUT2D eigenvalue weighted by molar-refractivity contribution is -0.146. The van der Waals surface area contributed by atoms with Gasteiger partial charge in [0.25, 0.3) is 0 Å². The number of nitrogens with zero attached hydrogens (tertiary/aromatic N) is 7. The van der Waals surface area contributed by atoms with Gasteiger partial charge in [-0.1, -0.05) is 6.92 Å². The molecule has 1 aliphatic rings. The third-order valence-corrected chi connectivity index (χ3v) is 5.64. The molecule has 4 heterocycles. The van der Waals surface area contributed by atoms with Crippen LogP contribution in [-0.2, 0) is 16.1 Å². The SMILES string of the molecule is CC[C@@H](Nc1ncnc2c1nc(-c1cnc(C)nc1)n2CC)C(=O)N1CCOC(C)(C)C1. The molecule has 0 radical (unpaired) electrons. The number of amides is 1. The topological polar surface area (TPSA) is 111 Å². The van der Waals surface area contributed by atoms with Crippen molar-refractivity contribution >= 4 is 22.9 Å². The van der Waals surface area contributed by atoms with Crippen LogP contribution in [0, 0.1) is 6.92 Å². The van der Waals surface area contributed by atoms with Gasteiger partial charge in [-0.2, -0.15) is 0 Å². The van der Waals surface area contributed by atoms with E-state index in [0.717, 1.165) is 11.4 Å². The number of imidazole rings is 1. The molecule has 1 fully saturated rings. The molecule has 0 bridgehead atoms. The third-order valence-electron chi connectivity index (χ3n) is 5.64. The van der Waals surface area contributed by atoms with Gasteiger partial charge in [-0.25, -0.2) is 24.9 Å². The van der Waals surface area contributed by atoms with Crippen molar-refractivity contribution in [2.24, 2.45) is 0 Å². The number of hydrogen-bond acceptors (Lipinski definition) is 8. The average molecular weight is 439 g/mol. The zero-order valence-electron chi connectivity index (χ0n) is 19.3. The van der Waals surface area contributed by atoms with Gasteiger partial charge in [0.1, 0.15) is 24.0 Å². The molecule has 4 rings (SSSR count). The molecule has 1 amide bonds. The van der Waals surface area contributed by atoms with Crippen molar-refractivity contribution in [2.75, 3.05) is 25.0 Å². The van der Waals surface area contributed by atoms with Crippen molar-refractivity contribution < 1.29 is 9.53 Å². The van der Waals surface area contributed by atoms with Crippen LogP contribution in [0.3, 0.4) is 0 Å². The third kappa shape index (κ3) is 4.27. The lowest BCUT2D eigenvalue weighted by atomic mass is 10.1. The van der Waals surface area contributed by atoms with E-state index < -0.39 is 6.04 Å². The Kier molecular flexibility index (Phi) is 6.05. The summed E-state index contributed by atoms with van der Waals surface area (Å²) in [6, 6.07) is -0.417. The van der Waals surface area contributed by atoms with Crippen molar-refractivity contribution in [3.05, 3.63) is 24.5 Å². The zero-order chi connectivity index (χ0) is 22.9. The number of hydrogen-bond donors (Lipinski definition) is 1. The van der Waals surface area contributed by atoms with Crippen molar-refractivity contribution in [1.82, 2.24) is 34.4 Å². The Morgan fingerprint density at radius 2 is 1.97 bits per heavy atom. The molecule has 1 saturated heterocycles. The van der Waals surface area contributed by atoms with Gasteiger partial charge in [0.15, 0.2) is 17.0 Å². The molecule has 0 aliphatic carbocycles. The smallest absolute Gasteiger partial charge is 0.245 e. The maximum Gasteiger partial charge on any atom is 0.245 e. The number of anilines is 1. The molecule has 3 aromatic heterocycles. The van der Waals surface area contributed by atoms with Gasteiger partial charge in [0.2, 0.25) is 5.91 Å². The first-order valence-electron chi connectivity index (χ1n) is 11.0. The number of carbonyl (C=O) groups excluding carboxylic acids is 1. The highest BCUT2D eigenvalue weighted by molar-refractivity contribution is 5.90. The summed E-state index contributed by atoms with van der Waals surface area (Å²) >= 11 is 0. The van der Waals surface area contributed by atoms with E-state index >= 15 is 0 Å². The van der Waals surface area contributed by atoms with Crippen LogP contribution in [0.2, 0.25) is 0 Å². The largest absolute Gasteiger partial charge is 0.372 e. The molecular formula is C22H30N8O2. The number of fused-ring (bicyclic) bond motifs is 1. The summed E-state index contributed by atoms with van der Waals surface area (Å²) in [6.45, 7) is 12.2. The molecule has 10 heteroatoms. The normalized spacial score (nSPS) is 16.8. The number of rotatable bonds is 6. The Labute approximate surface area is 187 Å². The van der Waals surface area contributed by atoms with E-state index in [0.29, 0.717) is 55.5 Å². The van der Waals surface area contributed by atoms with Crippen molar-refractivity contribution in [1.29, 1.82) is 0 Å². The van der Waals surface area contributed by atoms with Gasteiger partial charge < -0.3 is 19.5 Å². The van der Waals surface area contributed by atoms with Crippen LogP contribution in [-0.4, -0.2) is 71.6 Å². The van der Waals surface area contributed by atoms with Gasteiger partial charge in [-0.05, 0) is 34.1 Å². The number of ether oxygens (including phenoxy) is 1. The first-order chi connectivity index (χ1) is 15.3. The number of carbonyl (C=O) groups is 1. The Morgan fingerprint density at radius 3 is 2.62 bits per heavy atom. The predicted molar refractivity (Wildman–Crippen MR) is 121 cm³/mol. The molecule has 3 aromatic rings. The van der Waals surface area contributed by atoms with Crippen LogP contribution in [0.15, 0.2) is 18.7 Å². The summed E-state index contributed by atoms with van der Waals surface area (Å²) in [5.74, 6) is 2.01. The minimum absolute atomic E-state index is 0.0396. The Bertz CT molecular complexity index is 1110. The first kappa shape index (κ1) is 22.1. The number of aromatic nitrogens is 6.